The lowest BCUT2D eigenvalue weighted by Crippen LogP contribution is -2.71. The van der Waals surface area contributed by atoms with Gasteiger partial charge in [0.2, 0.25) is 13.4 Å². The standard InChI is InChI=1S/C70H79B3N2/c1-64(2,3)38-24-22-26-40(36-38)71-46-32-28-42(66(7,8)9)50-52-44(68(13,14)15)30-34-48-60(52)74(58(46)50)62-55(71)54(70(19,20)21)56-63-57(62)73(48)49-35-31-45(69(16,17)18)53-51-43(67(10,11)12)29-33-47(59(51)75(63)61(49)53)72(56)41-27-23-25-39(37-41)65(4,5)6/h22-37H,1-21H3. The molecule has 0 unspecified atom stereocenters. The van der Waals surface area contributed by atoms with Gasteiger partial charge in [0.15, 0.2) is 0 Å². The fraction of sp³-hybridized carbons (Fsp3) is 0.400. The van der Waals surface area contributed by atoms with Crippen LogP contribution in [0.2, 0.25) is 0 Å². The molecule has 378 valence electrons. The van der Waals surface area contributed by atoms with Crippen LogP contribution in [0, 0.1) is 0 Å². The van der Waals surface area contributed by atoms with Crippen molar-refractivity contribution in [1.29, 1.82) is 0 Å². The molecule has 5 heteroatoms. The third-order valence-electron chi connectivity index (χ3n) is 18.5. The molecule has 7 aromatic carbocycles. The average Bonchev–Trinajstić information content (AvgIpc) is 4.07. The Morgan fingerprint density at radius 3 is 0.853 bits per heavy atom. The molecule has 0 bridgehead atoms. The van der Waals surface area contributed by atoms with E-state index in [1.54, 1.807) is 0 Å². The maximum absolute atomic E-state index is 2.89. The zero-order chi connectivity index (χ0) is 53.7. The van der Waals surface area contributed by atoms with E-state index < -0.39 is 0 Å². The van der Waals surface area contributed by atoms with E-state index in [9.17, 15) is 0 Å². The second kappa shape index (κ2) is 14.7. The molecule has 0 amide bonds. The van der Waals surface area contributed by atoms with Crippen LogP contribution >= 0.6 is 0 Å². The molecule has 0 atom stereocenters. The Morgan fingerprint density at radius 1 is 0.293 bits per heavy atom. The maximum atomic E-state index is 2.89. The van der Waals surface area contributed by atoms with Gasteiger partial charge in [0, 0.05) is 55.0 Å². The molecule has 2 aromatic heterocycles. The summed E-state index contributed by atoms with van der Waals surface area (Å²) < 4.78 is 5.78. The highest BCUT2D eigenvalue weighted by molar-refractivity contribution is 7.06. The third kappa shape index (κ3) is 6.42. The van der Waals surface area contributed by atoms with Gasteiger partial charge in [0.05, 0.1) is 0 Å². The number of fused-ring (bicyclic) bond motifs is 4. The van der Waals surface area contributed by atoms with Gasteiger partial charge in [-0.25, -0.2) is 0 Å². The first-order valence-corrected chi connectivity index (χ1v) is 28.5. The normalized spacial score (nSPS) is 15.2. The van der Waals surface area contributed by atoms with Gasteiger partial charge in [-0.15, -0.1) is 0 Å². The van der Waals surface area contributed by atoms with Crippen molar-refractivity contribution in [3.8, 4) is 11.4 Å². The molecule has 9 aromatic rings. The SMILES string of the molecule is CC(C)(C)c1cccc(B2c3c4c5c6c(c3C(C)(C)C)B(c3cccc(C(C)(C)C)c3)c3ccc(C(C)(C)C)c7c8c(C(C)(C)C)ccc(c8n-6c37)B5c3ccc(C(C)(C)C)c5c6c(C(C)(C)C)ccc2c6n-4c35)c1. The number of benzene rings is 7. The highest BCUT2D eigenvalue weighted by Gasteiger charge is 2.53. The lowest BCUT2D eigenvalue weighted by Gasteiger charge is -2.46. The molecule has 4 aliphatic rings. The Hall–Kier alpha value is -5.67. The van der Waals surface area contributed by atoms with Gasteiger partial charge in [-0.05, 0) is 115 Å². The van der Waals surface area contributed by atoms with Gasteiger partial charge in [0.25, 0.3) is 6.71 Å². The first-order valence-electron chi connectivity index (χ1n) is 28.5. The average molecular weight is 981 g/mol. The molecule has 0 fully saturated rings. The topological polar surface area (TPSA) is 9.86 Å². The van der Waals surface area contributed by atoms with Gasteiger partial charge in [-0.2, -0.15) is 0 Å². The smallest absolute Gasteiger partial charge is 0.252 e. The maximum Gasteiger partial charge on any atom is 0.252 e. The van der Waals surface area contributed by atoms with E-state index in [0.29, 0.717) is 0 Å². The zero-order valence-corrected chi connectivity index (χ0v) is 49.4. The van der Waals surface area contributed by atoms with Crippen LogP contribution in [0.1, 0.15) is 184 Å². The fourth-order valence-corrected chi connectivity index (χ4v) is 15.3. The monoisotopic (exact) mass is 981 g/mol. The van der Waals surface area contributed by atoms with Gasteiger partial charge >= 0.3 is 0 Å². The molecule has 2 nitrogen and oxygen atoms in total. The molecule has 0 saturated carbocycles. The van der Waals surface area contributed by atoms with Gasteiger partial charge < -0.3 is 9.13 Å². The first kappa shape index (κ1) is 48.9. The van der Waals surface area contributed by atoms with Crippen LogP contribution in [0.5, 0.6) is 0 Å². The molecule has 0 N–H and O–H groups in total. The number of rotatable bonds is 2. The zero-order valence-electron chi connectivity index (χ0n) is 49.4. The van der Waals surface area contributed by atoms with E-state index in [0.717, 1.165) is 0 Å². The Morgan fingerprint density at radius 2 is 0.587 bits per heavy atom. The highest BCUT2D eigenvalue weighted by Crippen LogP contribution is 2.49. The summed E-state index contributed by atoms with van der Waals surface area (Å²) in [6.45, 7) is 51.2. The molecule has 75 heavy (non-hydrogen) atoms. The van der Waals surface area contributed by atoms with Gasteiger partial charge in [-0.3, -0.25) is 0 Å². The van der Waals surface area contributed by atoms with Gasteiger partial charge in [0.1, 0.15) is 0 Å². The van der Waals surface area contributed by atoms with Crippen LogP contribution < -0.4 is 49.2 Å². The molecule has 4 aliphatic heterocycles. The number of aromatic nitrogens is 2. The van der Waals surface area contributed by atoms with Crippen LogP contribution in [0.3, 0.4) is 0 Å². The molecule has 13 rings (SSSR count). The fourth-order valence-electron chi connectivity index (χ4n) is 15.3. The molecule has 0 spiro atoms. The minimum Gasteiger partial charge on any atom is -0.311 e. The van der Waals surface area contributed by atoms with E-state index in [4.69, 9.17) is 0 Å². The third-order valence-corrected chi connectivity index (χ3v) is 18.5. The molecular formula is C70H79B3N2. The van der Waals surface area contributed by atoms with E-state index in [2.05, 4.69) is 252 Å². The van der Waals surface area contributed by atoms with Crippen molar-refractivity contribution >= 4 is 113 Å². The van der Waals surface area contributed by atoms with Crippen molar-refractivity contribution in [2.45, 2.75) is 183 Å². The summed E-state index contributed by atoms with van der Waals surface area (Å²) in [5.74, 6) is 0. The Bertz CT molecular complexity index is 3790. The quantitative estimate of drug-likeness (QED) is 0.153. The summed E-state index contributed by atoms with van der Waals surface area (Å²) in [7, 11) is 0. The van der Waals surface area contributed by atoms with E-state index in [-0.39, 0.29) is 58.0 Å². The van der Waals surface area contributed by atoms with Crippen molar-refractivity contribution in [2.24, 2.45) is 0 Å². The molecular weight excluding hydrogens is 901 g/mol. The Balaban J connectivity index is 1.38. The van der Waals surface area contributed by atoms with Crippen LogP contribution in [-0.4, -0.2) is 29.3 Å². The minimum absolute atomic E-state index is 0.00715. The van der Waals surface area contributed by atoms with Gasteiger partial charge in [-0.1, -0.05) is 253 Å². The van der Waals surface area contributed by atoms with Crippen LogP contribution in [-0.2, 0) is 37.9 Å². The molecule has 0 saturated heterocycles. The van der Waals surface area contributed by atoms with Crippen molar-refractivity contribution in [3.63, 3.8) is 0 Å². The van der Waals surface area contributed by atoms with E-state index in [1.807, 2.05) is 0 Å². The summed E-state index contributed by atoms with van der Waals surface area (Å²) >= 11 is 0. The first-order chi connectivity index (χ1) is 34.7. The van der Waals surface area contributed by atoms with Crippen molar-refractivity contribution in [2.75, 3.05) is 0 Å². The lowest BCUT2D eigenvalue weighted by atomic mass is 9.26. The molecule has 6 heterocycles. The predicted molar refractivity (Wildman–Crippen MR) is 333 cm³/mol. The summed E-state index contributed by atoms with van der Waals surface area (Å²) in [6, 6.07) is 40.2. The summed E-state index contributed by atoms with van der Waals surface area (Å²) in [5, 5.41) is 5.83. The molecule has 0 radical (unpaired) electrons. The Kier molecular flexibility index (Phi) is 9.57. The number of hydrogen-bond donors (Lipinski definition) is 0. The predicted octanol–water partition coefficient (Wildman–Crippen LogP) is 11.8. The second-order valence-electron chi connectivity index (χ2n) is 31.0. The summed E-state index contributed by atoms with van der Waals surface area (Å²) in [5.41, 5.74) is 31.0. The molecule has 0 aliphatic carbocycles. The summed E-state index contributed by atoms with van der Waals surface area (Å²) in [4.78, 5) is 0. The van der Waals surface area contributed by atoms with Crippen LogP contribution in [0.4, 0.5) is 0 Å². The highest BCUT2D eigenvalue weighted by atomic mass is 15.1. The number of hydrogen-bond acceptors (Lipinski definition) is 0. The summed E-state index contributed by atoms with van der Waals surface area (Å²) in [6.07, 6.45) is 0. The number of nitrogens with zero attached hydrogens (tertiary/aromatic N) is 2. The lowest BCUT2D eigenvalue weighted by molar-refractivity contribution is 0.590. The van der Waals surface area contributed by atoms with Crippen molar-refractivity contribution in [1.82, 2.24) is 9.13 Å². The second-order valence-corrected chi connectivity index (χ2v) is 31.0. The minimum atomic E-state index is -0.255. The van der Waals surface area contributed by atoms with Crippen molar-refractivity contribution < 1.29 is 0 Å². The largest absolute Gasteiger partial charge is 0.311 e. The van der Waals surface area contributed by atoms with Crippen LogP contribution in [0.15, 0.2) is 97.1 Å². The van der Waals surface area contributed by atoms with Crippen molar-refractivity contribution in [3.05, 3.63) is 136 Å². The van der Waals surface area contributed by atoms with Crippen LogP contribution in [0.25, 0.3) is 55.0 Å². The van der Waals surface area contributed by atoms with E-state index in [1.165, 1.54) is 143 Å². The van der Waals surface area contributed by atoms with E-state index >= 15 is 0 Å². The Labute approximate surface area is 450 Å².